The Morgan fingerprint density at radius 1 is 0.731 bits per heavy atom. The first-order valence-electron chi connectivity index (χ1n) is 5.21. The molecule has 1 aliphatic heterocycles. The SMILES string of the molecule is O=S1(=O)OC(F)(OC(F)(F)C(F)(F)C(F)(F)F)C1(C(F)(F)F)C(F)(F)F. The minimum Gasteiger partial charge on any atom is -0.251 e. The Hall–Kier alpha value is -1.11. The molecule has 26 heavy (non-hydrogen) atoms. The van der Waals surface area contributed by atoms with Gasteiger partial charge in [-0.3, -0.25) is 4.74 Å². The van der Waals surface area contributed by atoms with Crippen molar-refractivity contribution >= 4 is 10.1 Å². The lowest BCUT2D eigenvalue weighted by molar-refractivity contribution is -0.516. The maximum absolute atomic E-state index is 13.7. The molecule has 1 unspecified atom stereocenters. The largest absolute Gasteiger partial charge is 0.462 e. The molecule has 156 valence electrons. The third-order valence-corrected chi connectivity index (χ3v) is 4.68. The lowest BCUT2D eigenvalue weighted by Crippen LogP contribution is -2.84. The Morgan fingerprint density at radius 3 is 1.31 bits per heavy atom. The van der Waals surface area contributed by atoms with Crippen LogP contribution in [0.15, 0.2) is 0 Å². The number of hydrogen-bond acceptors (Lipinski definition) is 4. The fourth-order valence-electron chi connectivity index (χ4n) is 1.64. The van der Waals surface area contributed by atoms with Gasteiger partial charge in [0.1, 0.15) is 0 Å². The van der Waals surface area contributed by atoms with Crippen LogP contribution in [0.5, 0.6) is 0 Å². The molecule has 1 saturated heterocycles. The fraction of sp³-hybridized carbons (Fsp3) is 1.00. The molecular formula is C7F14O4S. The molecule has 0 spiro atoms. The standard InChI is InChI=1S/C7F14O4S/c8-2(9,5(16,17)18)6(19,20)24-7(21)1(3(10,11)12,4(13,14)15)26(22,23)25-7. The van der Waals surface area contributed by atoms with E-state index in [0.717, 1.165) is 0 Å². The van der Waals surface area contributed by atoms with Gasteiger partial charge < -0.3 is 0 Å². The third kappa shape index (κ3) is 2.60. The molecule has 1 fully saturated rings. The highest BCUT2D eigenvalue weighted by molar-refractivity contribution is 7.89. The summed E-state index contributed by atoms with van der Waals surface area (Å²) in [6.07, 6.45) is -29.7. The minimum absolute atomic E-state index is 1.75. The van der Waals surface area contributed by atoms with Crippen LogP contribution in [0.25, 0.3) is 0 Å². The van der Waals surface area contributed by atoms with Crippen LogP contribution in [0.4, 0.5) is 61.5 Å². The van der Waals surface area contributed by atoms with Gasteiger partial charge in [-0.05, 0) is 0 Å². The molecule has 0 aromatic heterocycles. The number of alkyl halides is 14. The summed E-state index contributed by atoms with van der Waals surface area (Å²) in [5.41, 5.74) is 0. The molecule has 0 saturated carbocycles. The van der Waals surface area contributed by atoms with Gasteiger partial charge in [-0.15, -0.1) is 0 Å². The predicted molar refractivity (Wildman–Crippen MR) is 45.7 cm³/mol. The summed E-state index contributed by atoms with van der Waals surface area (Å²) in [5.74, 6) is -7.54. The monoisotopic (exact) mass is 446 g/mol. The molecule has 1 atom stereocenters. The van der Waals surface area contributed by atoms with Gasteiger partial charge >= 0.3 is 51.5 Å². The van der Waals surface area contributed by atoms with Crippen molar-refractivity contribution < 1.29 is 78.8 Å². The molecule has 0 aliphatic carbocycles. The van der Waals surface area contributed by atoms with Crippen LogP contribution in [0.2, 0.25) is 0 Å². The minimum atomic E-state index is -7.54. The van der Waals surface area contributed by atoms with Gasteiger partial charge in [0.2, 0.25) is 0 Å². The van der Waals surface area contributed by atoms with Gasteiger partial charge in [0.25, 0.3) is 0 Å². The van der Waals surface area contributed by atoms with Gasteiger partial charge in [0.15, 0.2) is 0 Å². The summed E-state index contributed by atoms with van der Waals surface area (Å²) >= 11 is 0. The van der Waals surface area contributed by atoms with E-state index in [9.17, 15) is 69.9 Å². The number of halogens is 14. The highest BCUT2D eigenvalue weighted by Gasteiger charge is 3.00. The van der Waals surface area contributed by atoms with Crippen LogP contribution < -0.4 is 0 Å². The average molecular weight is 446 g/mol. The van der Waals surface area contributed by atoms with Crippen LogP contribution in [0, 0.1) is 0 Å². The van der Waals surface area contributed by atoms with Crippen molar-refractivity contribution in [2.75, 3.05) is 0 Å². The molecule has 0 aromatic carbocycles. The summed E-state index contributed by atoms with van der Waals surface area (Å²) in [6, 6.07) is -6.72. The van der Waals surface area contributed by atoms with Crippen LogP contribution in [0.3, 0.4) is 0 Å². The molecule has 0 amide bonds. The van der Waals surface area contributed by atoms with E-state index in [2.05, 4.69) is 4.18 Å². The molecule has 0 radical (unpaired) electrons. The van der Waals surface area contributed by atoms with Crippen molar-refractivity contribution in [3.8, 4) is 0 Å². The second-order valence-corrected chi connectivity index (χ2v) is 6.13. The molecule has 0 aromatic rings. The van der Waals surface area contributed by atoms with Gasteiger partial charge in [0, 0.05) is 0 Å². The second kappa shape index (κ2) is 5.24. The predicted octanol–water partition coefficient (Wildman–Crippen LogP) is 3.64. The zero-order chi connectivity index (χ0) is 21.4. The Bertz CT molecular complexity index is 657. The summed E-state index contributed by atoms with van der Waals surface area (Å²) in [6.45, 7) is 0. The smallest absolute Gasteiger partial charge is 0.251 e. The highest BCUT2D eigenvalue weighted by atomic mass is 32.2. The fourth-order valence-corrected chi connectivity index (χ4v) is 3.04. The van der Waals surface area contributed by atoms with Gasteiger partial charge in [-0.25, -0.2) is 4.18 Å². The molecule has 1 heterocycles. The summed E-state index contributed by atoms with van der Waals surface area (Å²) in [5, 5.41) is 0. The van der Waals surface area contributed by atoms with Crippen LogP contribution in [-0.4, -0.2) is 49.8 Å². The zero-order valence-corrected chi connectivity index (χ0v) is 11.6. The topological polar surface area (TPSA) is 52.6 Å². The summed E-state index contributed by atoms with van der Waals surface area (Å²) in [4.78, 5) is 0. The van der Waals surface area contributed by atoms with E-state index in [1.807, 2.05) is 0 Å². The van der Waals surface area contributed by atoms with E-state index >= 15 is 0 Å². The van der Waals surface area contributed by atoms with Crippen LogP contribution in [0.1, 0.15) is 0 Å². The van der Waals surface area contributed by atoms with Crippen molar-refractivity contribution in [1.82, 2.24) is 0 Å². The first-order chi connectivity index (χ1) is 10.9. The normalized spacial score (nSPS) is 27.2. The first-order valence-corrected chi connectivity index (χ1v) is 6.62. The summed E-state index contributed by atoms with van der Waals surface area (Å²) in [7, 11) is -7.27. The van der Waals surface area contributed by atoms with E-state index in [1.54, 1.807) is 4.74 Å². The van der Waals surface area contributed by atoms with Gasteiger partial charge in [-0.1, -0.05) is 0 Å². The number of hydrogen-bond donors (Lipinski definition) is 0. The van der Waals surface area contributed by atoms with E-state index in [1.165, 1.54) is 0 Å². The average Bonchev–Trinajstić information content (AvgIpc) is 2.18. The van der Waals surface area contributed by atoms with Gasteiger partial charge in [0.05, 0.1) is 0 Å². The maximum atomic E-state index is 13.7. The first kappa shape index (κ1) is 22.9. The van der Waals surface area contributed by atoms with Crippen LogP contribution in [-0.2, 0) is 19.0 Å². The van der Waals surface area contributed by atoms with Crippen molar-refractivity contribution in [3.63, 3.8) is 0 Å². The third-order valence-electron chi connectivity index (χ3n) is 2.79. The Kier molecular flexibility index (Phi) is 4.62. The van der Waals surface area contributed by atoms with Gasteiger partial charge in [-0.2, -0.15) is 69.9 Å². The Labute approximate surface area is 131 Å². The van der Waals surface area contributed by atoms with E-state index in [4.69, 9.17) is 0 Å². The van der Waals surface area contributed by atoms with E-state index in [-0.39, 0.29) is 0 Å². The molecule has 1 rings (SSSR count). The summed E-state index contributed by atoms with van der Waals surface area (Å²) < 4.78 is 194. The highest BCUT2D eigenvalue weighted by Crippen LogP contribution is 2.66. The number of rotatable bonds is 3. The number of ether oxygens (including phenoxy) is 1. The van der Waals surface area contributed by atoms with Crippen molar-refractivity contribution in [1.29, 1.82) is 0 Å². The molecular weight excluding hydrogens is 446 g/mol. The lowest BCUT2D eigenvalue weighted by atomic mass is 10.0. The zero-order valence-electron chi connectivity index (χ0n) is 10.8. The lowest BCUT2D eigenvalue weighted by Gasteiger charge is -2.51. The molecule has 4 nitrogen and oxygen atoms in total. The van der Waals surface area contributed by atoms with Crippen molar-refractivity contribution in [2.24, 2.45) is 0 Å². The van der Waals surface area contributed by atoms with E-state index < -0.39 is 51.5 Å². The van der Waals surface area contributed by atoms with Crippen molar-refractivity contribution in [3.05, 3.63) is 0 Å². The Balaban J connectivity index is 3.63. The molecule has 0 bridgehead atoms. The molecule has 19 heteroatoms. The van der Waals surface area contributed by atoms with Crippen LogP contribution >= 0.6 is 0 Å². The Morgan fingerprint density at radius 2 is 1.08 bits per heavy atom. The second-order valence-electron chi connectivity index (χ2n) is 4.44. The molecule has 0 N–H and O–H groups in total. The van der Waals surface area contributed by atoms with Crippen molar-refractivity contribution in [2.45, 2.75) is 41.3 Å². The maximum Gasteiger partial charge on any atom is 0.462 e. The quantitative estimate of drug-likeness (QED) is 0.491. The van der Waals surface area contributed by atoms with E-state index in [0.29, 0.717) is 0 Å². The molecule has 1 aliphatic rings.